The van der Waals surface area contributed by atoms with Crippen molar-refractivity contribution >= 4 is 0 Å². The third-order valence-corrected chi connectivity index (χ3v) is 2.97. The second kappa shape index (κ2) is 5.19. The minimum absolute atomic E-state index is 0.239. The largest absolute Gasteiger partial charge is 0.496 e. The summed E-state index contributed by atoms with van der Waals surface area (Å²) in [6, 6.07) is 10.6. The van der Waals surface area contributed by atoms with Gasteiger partial charge in [0, 0.05) is 12.1 Å². The molecular formula is C15H16FNO. The van der Waals surface area contributed by atoms with Crippen LogP contribution in [0.4, 0.5) is 4.39 Å². The molecule has 2 aromatic carbocycles. The topological polar surface area (TPSA) is 35.2 Å². The molecule has 0 saturated heterocycles. The molecule has 18 heavy (non-hydrogen) atoms. The summed E-state index contributed by atoms with van der Waals surface area (Å²) in [5.74, 6) is 0.561. The highest BCUT2D eigenvalue weighted by Crippen LogP contribution is 2.28. The summed E-state index contributed by atoms with van der Waals surface area (Å²) in [6.07, 6.45) is 0. The lowest BCUT2D eigenvalue weighted by Crippen LogP contribution is -1.97. The zero-order valence-electron chi connectivity index (χ0n) is 10.5. The second-order valence-corrected chi connectivity index (χ2v) is 4.20. The van der Waals surface area contributed by atoms with Crippen LogP contribution in [-0.4, -0.2) is 7.11 Å². The van der Waals surface area contributed by atoms with Crippen LogP contribution in [0, 0.1) is 12.7 Å². The average molecular weight is 245 g/mol. The molecule has 0 heterocycles. The predicted molar refractivity (Wildman–Crippen MR) is 71.0 cm³/mol. The molecule has 0 radical (unpaired) electrons. The molecule has 0 amide bonds. The zero-order valence-corrected chi connectivity index (χ0v) is 10.5. The molecule has 0 bridgehead atoms. The van der Waals surface area contributed by atoms with Crippen LogP contribution in [0.1, 0.15) is 11.1 Å². The fraction of sp³-hybridized carbons (Fsp3) is 0.200. The zero-order chi connectivity index (χ0) is 13.1. The van der Waals surface area contributed by atoms with Crippen LogP contribution in [0.25, 0.3) is 11.1 Å². The lowest BCUT2D eigenvalue weighted by Gasteiger charge is -2.09. The molecule has 94 valence electrons. The molecule has 0 unspecified atom stereocenters. The van der Waals surface area contributed by atoms with Crippen molar-refractivity contribution in [2.24, 2.45) is 5.73 Å². The van der Waals surface area contributed by atoms with Gasteiger partial charge in [-0.1, -0.05) is 12.1 Å². The number of halogens is 1. The number of methoxy groups -OCH3 is 1. The average Bonchev–Trinajstić information content (AvgIpc) is 2.39. The summed E-state index contributed by atoms with van der Waals surface area (Å²) in [4.78, 5) is 0. The molecule has 0 spiro atoms. The lowest BCUT2D eigenvalue weighted by molar-refractivity contribution is 0.412. The summed E-state index contributed by atoms with van der Waals surface area (Å²) >= 11 is 0. The van der Waals surface area contributed by atoms with Gasteiger partial charge in [-0.25, -0.2) is 4.39 Å². The molecule has 3 heteroatoms. The van der Waals surface area contributed by atoms with Crippen molar-refractivity contribution in [2.45, 2.75) is 13.5 Å². The number of rotatable bonds is 3. The maximum absolute atomic E-state index is 13.8. The Hall–Kier alpha value is -1.87. The Morgan fingerprint density at radius 2 is 1.94 bits per heavy atom. The van der Waals surface area contributed by atoms with Gasteiger partial charge in [0.05, 0.1) is 7.11 Å². The van der Waals surface area contributed by atoms with Gasteiger partial charge in [0.2, 0.25) is 0 Å². The summed E-state index contributed by atoms with van der Waals surface area (Å²) in [5, 5.41) is 0. The fourth-order valence-corrected chi connectivity index (χ4v) is 1.97. The van der Waals surface area contributed by atoms with E-state index in [0.29, 0.717) is 12.1 Å². The van der Waals surface area contributed by atoms with Crippen molar-refractivity contribution < 1.29 is 9.13 Å². The minimum atomic E-state index is -0.239. The van der Waals surface area contributed by atoms with Crippen molar-refractivity contribution in [1.29, 1.82) is 0 Å². The van der Waals surface area contributed by atoms with E-state index < -0.39 is 0 Å². The first kappa shape index (κ1) is 12.6. The van der Waals surface area contributed by atoms with Crippen LogP contribution in [0.3, 0.4) is 0 Å². The molecule has 2 aromatic rings. The van der Waals surface area contributed by atoms with Gasteiger partial charge in [-0.05, 0) is 47.9 Å². The van der Waals surface area contributed by atoms with E-state index in [4.69, 9.17) is 10.5 Å². The number of hydrogen-bond acceptors (Lipinski definition) is 2. The van der Waals surface area contributed by atoms with Crippen molar-refractivity contribution in [3.63, 3.8) is 0 Å². The van der Waals surface area contributed by atoms with Gasteiger partial charge in [-0.15, -0.1) is 0 Å². The van der Waals surface area contributed by atoms with E-state index in [1.807, 2.05) is 25.1 Å². The van der Waals surface area contributed by atoms with Crippen LogP contribution in [0.2, 0.25) is 0 Å². The van der Waals surface area contributed by atoms with Gasteiger partial charge in [0.25, 0.3) is 0 Å². The predicted octanol–water partition coefficient (Wildman–Crippen LogP) is 3.27. The van der Waals surface area contributed by atoms with Gasteiger partial charge >= 0.3 is 0 Å². The number of aryl methyl sites for hydroxylation is 1. The van der Waals surface area contributed by atoms with Crippen molar-refractivity contribution in [1.82, 2.24) is 0 Å². The quantitative estimate of drug-likeness (QED) is 0.900. The highest BCUT2D eigenvalue weighted by atomic mass is 19.1. The van der Waals surface area contributed by atoms with E-state index in [1.165, 1.54) is 6.07 Å². The van der Waals surface area contributed by atoms with Crippen LogP contribution in [0.5, 0.6) is 5.75 Å². The number of hydrogen-bond donors (Lipinski definition) is 1. The molecule has 2 rings (SSSR count). The molecule has 2 N–H and O–H groups in total. The summed E-state index contributed by atoms with van der Waals surface area (Å²) < 4.78 is 19.0. The monoisotopic (exact) mass is 245 g/mol. The Bertz CT molecular complexity index is 566. The SMILES string of the molecule is COc1ccc(-c2cc(CN)ccc2F)cc1C. The normalized spacial score (nSPS) is 10.4. The molecule has 0 aliphatic heterocycles. The van der Waals surface area contributed by atoms with E-state index in [0.717, 1.165) is 22.4 Å². The van der Waals surface area contributed by atoms with E-state index in [2.05, 4.69) is 0 Å². The third kappa shape index (κ3) is 2.36. The first-order chi connectivity index (χ1) is 8.65. The molecule has 0 atom stereocenters. The van der Waals surface area contributed by atoms with Crippen LogP contribution in [-0.2, 0) is 6.54 Å². The smallest absolute Gasteiger partial charge is 0.131 e. The maximum atomic E-state index is 13.8. The Morgan fingerprint density at radius 3 is 2.56 bits per heavy atom. The Balaban J connectivity index is 2.51. The van der Waals surface area contributed by atoms with Crippen molar-refractivity contribution in [3.8, 4) is 16.9 Å². The van der Waals surface area contributed by atoms with Crippen LogP contribution < -0.4 is 10.5 Å². The molecule has 0 aliphatic rings. The van der Waals surface area contributed by atoms with E-state index in [-0.39, 0.29) is 5.82 Å². The van der Waals surface area contributed by atoms with Gasteiger partial charge < -0.3 is 10.5 Å². The highest BCUT2D eigenvalue weighted by Gasteiger charge is 2.08. The molecule has 2 nitrogen and oxygen atoms in total. The summed E-state index contributed by atoms with van der Waals surface area (Å²) in [5.41, 5.74) is 8.88. The highest BCUT2D eigenvalue weighted by molar-refractivity contribution is 5.67. The van der Waals surface area contributed by atoms with Crippen molar-refractivity contribution in [3.05, 3.63) is 53.3 Å². The Morgan fingerprint density at radius 1 is 1.17 bits per heavy atom. The standard InChI is InChI=1S/C15H16FNO/c1-10-7-12(4-6-15(10)18-2)13-8-11(9-17)3-5-14(13)16/h3-8H,9,17H2,1-2H3. The second-order valence-electron chi connectivity index (χ2n) is 4.20. The first-order valence-corrected chi connectivity index (χ1v) is 5.79. The van der Waals surface area contributed by atoms with Gasteiger partial charge in [-0.3, -0.25) is 0 Å². The first-order valence-electron chi connectivity index (χ1n) is 5.79. The van der Waals surface area contributed by atoms with Gasteiger partial charge in [0.1, 0.15) is 11.6 Å². The molecule has 0 aromatic heterocycles. The number of nitrogens with two attached hydrogens (primary N) is 1. The van der Waals surface area contributed by atoms with E-state index in [1.54, 1.807) is 19.2 Å². The molecular weight excluding hydrogens is 229 g/mol. The molecule has 0 aliphatic carbocycles. The molecule has 0 saturated carbocycles. The fourth-order valence-electron chi connectivity index (χ4n) is 1.97. The van der Waals surface area contributed by atoms with E-state index >= 15 is 0 Å². The van der Waals surface area contributed by atoms with Crippen LogP contribution in [0.15, 0.2) is 36.4 Å². The Kier molecular flexibility index (Phi) is 3.63. The van der Waals surface area contributed by atoms with Gasteiger partial charge in [0.15, 0.2) is 0 Å². The molecule has 0 fully saturated rings. The van der Waals surface area contributed by atoms with Gasteiger partial charge in [-0.2, -0.15) is 0 Å². The number of ether oxygens (including phenoxy) is 1. The minimum Gasteiger partial charge on any atom is -0.496 e. The van der Waals surface area contributed by atoms with Crippen molar-refractivity contribution in [2.75, 3.05) is 7.11 Å². The Labute approximate surface area is 106 Å². The number of benzene rings is 2. The van der Waals surface area contributed by atoms with E-state index in [9.17, 15) is 4.39 Å². The van der Waals surface area contributed by atoms with Crippen LogP contribution >= 0.6 is 0 Å². The maximum Gasteiger partial charge on any atom is 0.131 e. The summed E-state index contributed by atoms with van der Waals surface area (Å²) in [7, 11) is 1.62. The summed E-state index contributed by atoms with van der Waals surface area (Å²) in [6.45, 7) is 2.34. The lowest BCUT2D eigenvalue weighted by atomic mass is 10.0. The third-order valence-electron chi connectivity index (χ3n) is 2.97.